The summed E-state index contributed by atoms with van der Waals surface area (Å²) in [6.45, 7) is 2.79. The van der Waals surface area contributed by atoms with Gasteiger partial charge in [0.05, 0.1) is 6.61 Å². The zero-order valence-corrected chi connectivity index (χ0v) is 22.3. The predicted molar refractivity (Wildman–Crippen MR) is 158 cm³/mol. The van der Waals surface area contributed by atoms with E-state index in [9.17, 15) is 4.79 Å². The Kier molecular flexibility index (Phi) is 12.2. The van der Waals surface area contributed by atoms with Crippen LogP contribution in [0.3, 0.4) is 0 Å². The van der Waals surface area contributed by atoms with Crippen molar-refractivity contribution in [3.63, 3.8) is 0 Å². The molecule has 6 heteroatoms. The lowest BCUT2D eigenvalue weighted by Crippen LogP contribution is -2.13. The molecule has 0 spiro atoms. The highest BCUT2D eigenvalue weighted by molar-refractivity contribution is 6.00. The summed E-state index contributed by atoms with van der Waals surface area (Å²) in [6.07, 6.45) is 8.34. The predicted octanol–water partition coefficient (Wildman–Crippen LogP) is 6.91. The number of nitrogens with two attached hydrogens (primary N) is 1. The van der Waals surface area contributed by atoms with E-state index in [1.807, 2.05) is 42.5 Å². The van der Waals surface area contributed by atoms with Gasteiger partial charge < -0.3 is 21.2 Å². The quantitative estimate of drug-likeness (QED) is 0.0801. The van der Waals surface area contributed by atoms with E-state index in [1.54, 1.807) is 13.1 Å². The first kappa shape index (κ1) is 29.4. The summed E-state index contributed by atoms with van der Waals surface area (Å²) in [6, 6.07) is 24.5. The number of halogens is 1. The average Bonchev–Trinajstić information content (AvgIpc) is 2.92. The van der Waals surface area contributed by atoms with Crippen LogP contribution in [-0.2, 0) is 4.79 Å². The number of likely N-dealkylation sites (N-methyl/N-ethyl adjacent to an activating group) is 1. The van der Waals surface area contributed by atoms with Crippen molar-refractivity contribution < 1.29 is 9.53 Å². The van der Waals surface area contributed by atoms with E-state index in [0.717, 1.165) is 48.1 Å². The van der Waals surface area contributed by atoms with E-state index in [-0.39, 0.29) is 18.3 Å². The summed E-state index contributed by atoms with van der Waals surface area (Å²) in [4.78, 5) is 11.2. The van der Waals surface area contributed by atoms with Gasteiger partial charge in [-0.1, -0.05) is 61.5 Å². The van der Waals surface area contributed by atoms with Crippen LogP contribution in [0, 0.1) is 5.41 Å². The van der Waals surface area contributed by atoms with Crippen molar-refractivity contribution in [2.45, 2.75) is 32.6 Å². The molecule has 0 aliphatic heterocycles. The number of carbonyl (C=O) groups is 1. The standard InChI is InChI=1S/C31H35N3O2.ClH/c1-3-28(23-11-7-6-8-12-23)31(25-16-19-29(33)26(21-25)22-32)24-14-17-27(18-15-24)36-20-10-5-4-9-13-30(35)34-2;/h6-9,11-19,21-22,32H,3-5,10,20,33H2,1-2H3,(H,34,35);1H/b13-9+,31-28+,32-22?;. The van der Waals surface area contributed by atoms with E-state index < -0.39 is 0 Å². The van der Waals surface area contributed by atoms with E-state index in [4.69, 9.17) is 15.9 Å². The van der Waals surface area contributed by atoms with Gasteiger partial charge in [-0.3, -0.25) is 4.79 Å². The Balaban J connectivity index is 0.00000481. The molecule has 0 aromatic heterocycles. The number of ether oxygens (including phenoxy) is 1. The fourth-order valence-electron chi connectivity index (χ4n) is 4.08. The lowest BCUT2D eigenvalue weighted by molar-refractivity contribution is -0.116. The molecule has 5 nitrogen and oxygen atoms in total. The Morgan fingerprint density at radius 1 is 0.973 bits per heavy atom. The smallest absolute Gasteiger partial charge is 0.243 e. The Labute approximate surface area is 226 Å². The van der Waals surface area contributed by atoms with Gasteiger partial charge in [-0.05, 0) is 83.9 Å². The molecule has 1 amide bonds. The minimum atomic E-state index is -0.0775. The fourth-order valence-corrected chi connectivity index (χ4v) is 4.08. The molecule has 0 aliphatic rings. The molecule has 0 unspecified atom stereocenters. The van der Waals surface area contributed by atoms with E-state index >= 15 is 0 Å². The zero-order valence-electron chi connectivity index (χ0n) is 21.5. The zero-order chi connectivity index (χ0) is 25.8. The number of nitrogens with one attached hydrogen (secondary N) is 2. The van der Waals surface area contributed by atoms with Gasteiger partial charge in [0.15, 0.2) is 0 Å². The molecule has 0 heterocycles. The number of unbranched alkanes of at least 4 members (excludes halogenated alkanes) is 2. The van der Waals surface area contributed by atoms with Crippen molar-refractivity contribution in [3.05, 3.63) is 107 Å². The van der Waals surface area contributed by atoms with Crippen LogP contribution in [0.2, 0.25) is 0 Å². The molecule has 0 radical (unpaired) electrons. The van der Waals surface area contributed by atoms with Crippen molar-refractivity contribution in [1.82, 2.24) is 5.32 Å². The summed E-state index contributed by atoms with van der Waals surface area (Å²) in [5, 5.41) is 10.3. The molecule has 3 aromatic rings. The second-order valence-electron chi connectivity index (χ2n) is 8.45. The van der Waals surface area contributed by atoms with Crippen LogP contribution < -0.4 is 15.8 Å². The summed E-state index contributed by atoms with van der Waals surface area (Å²) in [7, 11) is 1.62. The van der Waals surface area contributed by atoms with Crippen molar-refractivity contribution in [3.8, 4) is 5.75 Å². The molecule has 3 rings (SSSR count). The van der Waals surface area contributed by atoms with E-state index in [1.165, 1.54) is 17.4 Å². The number of amides is 1. The number of rotatable bonds is 12. The number of hydrogen-bond acceptors (Lipinski definition) is 4. The van der Waals surface area contributed by atoms with Crippen LogP contribution >= 0.6 is 12.4 Å². The third-order valence-electron chi connectivity index (χ3n) is 6.00. The molecule has 0 bridgehead atoms. The second kappa shape index (κ2) is 15.3. The van der Waals surface area contributed by atoms with Gasteiger partial charge in [-0.15, -0.1) is 12.4 Å². The first-order valence-electron chi connectivity index (χ1n) is 12.4. The summed E-state index contributed by atoms with van der Waals surface area (Å²) >= 11 is 0. The molecule has 0 saturated heterocycles. The number of allylic oxidation sites excluding steroid dienone is 2. The maximum Gasteiger partial charge on any atom is 0.243 e. The number of benzene rings is 3. The van der Waals surface area contributed by atoms with Crippen molar-refractivity contribution >= 4 is 41.4 Å². The largest absolute Gasteiger partial charge is 0.494 e. The van der Waals surface area contributed by atoms with Crippen LogP contribution in [0.1, 0.15) is 54.9 Å². The normalized spacial score (nSPS) is 11.4. The van der Waals surface area contributed by atoms with Gasteiger partial charge in [-0.25, -0.2) is 0 Å². The van der Waals surface area contributed by atoms with Crippen LogP contribution in [-0.4, -0.2) is 25.8 Å². The van der Waals surface area contributed by atoms with Gasteiger partial charge in [0.2, 0.25) is 5.91 Å². The number of nitrogen functional groups attached to an aromatic ring is 1. The first-order chi connectivity index (χ1) is 17.6. The maximum atomic E-state index is 11.2. The van der Waals surface area contributed by atoms with Crippen molar-refractivity contribution in [2.75, 3.05) is 19.4 Å². The topological polar surface area (TPSA) is 88.2 Å². The van der Waals surface area contributed by atoms with E-state index in [2.05, 4.69) is 48.6 Å². The molecular formula is C31H36ClN3O2. The number of hydrogen-bond donors (Lipinski definition) is 3. The second-order valence-corrected chi connectivity index (χ2v) is 8.45. The summed E-state index contributed by atoms with van der Waals surface area (Å²) in [5.41, 5.74) is 13.0. The molecule has 3 aromatic carbocycles. The van der Waals surface area contributed by atoms with Gasteiger partial charge in [0.1, 0.15) is 5.75 Å². The van der Waals surface area contributed by atoms with Crippen molar-refractivity contribution in [2.24, 2.45) is 0 Å². The molecule has 4 N–H and O–H groups in total. The van der Waals surface area contributed by atoms with Crippen LogP contribution in [0.15, 0.2) is 84.9 Å². The Bertz CT molecular complexity index is 1220. The first-order valence-corrected chi connectivity index (χ1v) is 12.4. The average molecular weight is 518 g/mol. The van der Waals surface area contributed by atoms with Gasteiger partial charge in [-0.2, -0.15) is 0 Å². The molecule has 37 heavy (non-hydrogen) atoms. The number of carbonyl (C=O) groups excluding carboxylic acids is 1. The highest BCUT2D eigenvalue weighted by atomic mass is 35.5. The minimum Gasteiger partial charge on any atom is -0.494 e. The van der Waals surface area contributed by atoms with Gasteiger partial charge >= 0.3 is 0 Å². The summed E-state index contributed by atoms with van der Waals surface area (Å²) in [5.74, 6) is 0.750. The lowest BCUT2D eigenvalue weighted by atomic mass is 9.87. The van der Waals surface area contributed by atoms with Crippen molar-refractivity contribution in [1.29, 1.82) is 5.41 Å². The molecule has 0 atom stereocenters. The van der Waals surface area contributed by atoms with Gasteiger partial charge in [0, 0.05) is 24.5 Å². The fraction of sp³-hybridized carbons (Fsp3) is 0.226. The third-order valence-corrected chi connectivity index (χ3v) is 6.00. The van der Waals surface area contributed by atoms with Crippen LogP contribution in [0.25, 0.3) is 11.1 Å². The highest BCUT2D eigenvalue weighted by Crippen LogP contribution is 2.36. The monoisotopic (exact) mass is 517 g/mol. The Morgan fingerprint density at radius 3 is 2.32 bits per heavy atom. The molecule has 0 fully saturated rings. The Hall–Kier alpha value is -3.83. The van der Waals surface area contributed by atoms with Crippen LogP contribution in [0.5, 0.6) is 5.75 Å². The Morgan fingerprint density at radius 2 is 1.68 bits per heavy atom. The lowest BCUT2D eigenvalue weighted by Gasteiger charge is -2.18. The highest BCUT2D eigenvalue weighted by Gasteiger charge is 2.14. The third kappa shape index (κ3) is 8.36. The summed E-state index contributed by atoms with van der Waals surface area (Å²) < 4.78 is 5.95. The minimum absolute atomic E-state index is 0. The molecule has 0 aliphatic carbocycles. The van der Waals surface area contributed by atoms with E-state index in [0.29, 0.717) is 17.9 Å². The molecular weight excluding hydrogens is 482 g/mol. The SMILES string of the molecule is CC/C(=C(/c1ccc(OCCCC/C=C/C(=O)NC)cc1)c1ccc(N)c(C=N)c1)c1ccccc1.Cl. The molecule has 194 valence electrons. The number of anilines is 1. The molecule has 0 saturated carbocycles. The maximum absolute atomic E-state index is 11.2. The van der Waals surface area contributed by atoms with Gasteiger partial charge in [0.25, 0.3) is 0 Å². The van der Waals surface area contributed by atoms with Crippen LogP contribution in [0.4, 0.5) is 5.69 Å².